The quantitative estimate of drug-likeness (QED) is 0.421. The third-order valence-electron chi connectivity index (χ3n) is 3.45. The first kappa shape index (κ1) is 19.0. The molecule has 2 rings (SSSR count). The second-order valence-electron chi connectivity index (χ2n) is 4.84. The van der Waals surface area contributed by atoms with Gasteiger partial charge in [0.1, 0.15) is 23.7 Å². The van der Waals surface area contributed by atoms with E-state index >= 15 is 0 Å². The molecule has 2 N–H and O–H groups in total. The van der Waals surface area contributed by atoms with E-state index in [-0.39, 0.29) is 5.69 Å². The Morgan fingerprint density at radius 2 is 2.42 bits per heavy atom. The molecule has 0 bridgehead atoms. The van der Waals surface area contributed by atoms with Gasteiger partial charge in [-0.05, 0) is 27.5 Å². The molecule has 0 aromatic carbocycles. The number of ether oxygens (including phenoxy) is 2. The van der Waals surface area contributed by atoms with Gasteiger partial charge < -0.3 is 19.7 Å². The van der Waals surface area contributed by atoms with Crippen molar-refractivity contribution in [2.24, 2.45) is 5.11 Å². The fourth-order valence-electron chi connectivity index (χ4n) is 2.32. The second kappa shape index (κ2) is 8.64. The molecule has 24 heavy (non-hydrogen) atoms. The van der Waals surface area contributed by atoms with Gasteiger partial charge in [0.25, 0.3) is 0 Å². The Kier molecular flexibility index (Phi) is 6.82. The number of methoxy groups -OCH3 is 1. The SMILES string of the molecule is CO[C@@H]1[C@@H](N=[N+]=[N-])[C@@H](O)[C@@H](CO)O[C@@H]1Sc1cc(Br)cnc1C#N. The van der Waals surface area contributed by atoms with E-state index in [9.17, 15) is 15.5 Å². The lowest BCUT2D eigenvalue weighted by Crippen LogP contribution is -2.57. The summed E-state index contributed by atoms with van der Waals surface area (Å²) in [6.07, 6.45) is -1.41. The van der Waals surface area contributed by atoms with Crippen molar-refractivity contribution in [3.05, 3.63) is 32.9 Å². The summed E-state index contributed by atoms with van der Waals surface area (Å²) in [5, 5.41) is 32.3. The average molecular weight is 416 g/mol. The molecule has 0 radical (unpaired) electrons. The van der Waals surface area contributed by atoms with Crippen LogP contribution in [0.5, 0.6) is 0 Å². The maximum atomic E-state index is 10.2. The minimum absolute atomic E-state index is 0.202. The first-order valence-corrected chi connectivity index (χ1v) is 8.46. The van der Waals surface area contributed by atoms with Crippen molar-refractivity contribution in [3.63, 3.8) is 0 Å². The van der Waals surface area contributed by atoms with Crippen LogP contribution in [0.2, 0.25) is 0 Å². The number of nitrogens with zero attached hydrogens (tertiary/aromatic N) is 5. The van der Waals surface area contributed by atoms with Crippen molar-refractivity contribution in [1.82, 2.24) is 4.98 Å². The predicted molar refractivity (Wildman–Crippen MR) is 88.0 cm³/mol. The van der Waals surface area contributed by atoms with Gasteiger partial charge in [0.15, 0.2) is 5.69 Å². The molecule has 1 aromatic rings. The van der Waals surface area contributed by atoms with Crippen molar-refractivity contribution in [2.75, 3.05) is 13.7 Å². The van der Waals surface area contributed by atoms with Crippen molar-refractivity contribution < 1.29 is 19.7 Å². The maximum Gasteiger partial charge on any atom is 0.154 e. The van der Waals surface area contributed by atoms with E-state index < -0.39 is 36.4 Å². The topological polar surface area (TPSA) is 144 Å². The van der Waals surface area contributed by atoms with Crippen LogP contribution in [0.4, 0.5) is 0 Å². The summed E-state index contributed by atoms with van der Waals surface area (Å²) in [6, 6.07) is 2.75. The van der Waals surface area contributed by atoms with Crippen LogP contribution in [0.15, 0.2) is 26.7 Å². The molecule has 0 amide bonds. The number of pyridine rings is 1. The van der Waals surface area contributed by atoms with Gasteiger partial charge in [-0.1, -0.05) is 16.9 Å². The summed E-state index contributed by atoms with van der Waals surface area (Å²) in [6.45, 7) is -0.450. The average Bonchev–Trinajstić information content (AvgIpc) is 2.58. The van der Waals surface area contributed by atoms with Crippen LogP contribution < -0.4 is 0 Å². The number of halogens is 1. The predicted octanol–water partition coefficient (Wildman–Crippen LogP) is 1.58. The third kappa shape index (κ3) is 3.99. The summed E-state index contributed by atoms with van der Waals surface area (Å²) >= 11 is 4.44. The minimum atomic E-state index is -1.20. The van der Waals surface area contributed by atoms with Crippen LogP contribution in [0, 0.1) is 11.3 Å². The molecule has 5 atom stereocenters. The van der Waals surface area contributed by atoms with Crippen molar-refractivity contribution >= 4 is 27.7 Å². The lowest BCUT2D eigenvalue weighted by Gasteiger charge is -2.41. The van der Waals surface area contributed by atoms with E-state index in [1.165, 1.54) is 13.3 Å². The van der Waals surface area contributed by atoms with E-state index in [0.717, 1.165) is 11.8 Å². The first-order chi connectivity index (χ1) is 11.5. The standard InChI is InChI=1S/C13H14BrN5O4S/c1-22-12-10(18-19-16)11(21)8(5-20)23-13(12)24-9-2-6(14)4-17-7(9)3-15/h2,4,8,10-13,20-21H,5H2,1H3/t8-,10+,11+,12-,13-/m1/s1. The van der Waals surface area contributed by atoms with Crippen LogP contribution in [0.3, 0.4) is 0 Å². The molecular weight excluding hydrogens is 402 g/mol. The van der Waals surface area contributed by atoms with Crippen LogP contribution in [-0.4, -0.2) is 58.7 Å². The highest BCUT2D eigenvalue weighted by Crippen LogP contribution is 2.37. The number of thioether (sulfide) groups is 1. The van der Waals surface area contributed by atoms with E-state index in [1.54, 1.807) is 6.07 Å². The highest BCUT2D eigenvalue weighted by Gasteiger charge is 2.45. The van der Waals surface area contributed by atoms with E-state index in [2.05, 4.69) is 30.9 Å². The molecule has 1 aliphatic rings. The Bertz CT molecular complexity index is 681. The van der Waals surface area contributed by atoms with Gasteiger partial charge in [0, 0.05) is 27.6 Å². The number of nitriles is 1. The number of aliphatic hydroxyl groups is 2. The molecule has 1 aromatic heterocycles. The van der Waals surface area contributed by atoms with Crippen LogP contribution >= 0.6 is 27.7 Å². The molecule has 1 aliphatic heterocycles. The van der Waals surface area contributed by atoms with Gasteiger partial charge in [-0.25, -0.2) is 4.98 Å². The summed E-state index contributed by atoms with van der Waals surface area (Å²) < 4.78 is 11.7. The zero-order chi connectivity index (χ0) is 17.7. The molecule has 0 aliphatic carbocycles. The lowest BCUT2D eigenvalue weighted by molar-refractivity contribution is -0.167. The Labute approximate surface area is 150 Å². The summed E-state index contributed by atoms with van der Waals surface area (Å²) in [5.41, 5.74) is 8.21. The number of aromatic nitrogens is 1. The number of hydrogen-bond acceptors (Lipinski definition) is 8. The molecule has 11 heteroatoms. The van der Waals surface area contributed by atoms with Crippen LogP contribution in [0.25, 0.3) is 10.4 Å². The number of hydrogen-bond donors (Lipinski definition) is 2. The molecule has 1 saturated heterocycles. The Hall–Kier alpha value is -1.38. The molecule has 2 heterocycles. The van der Waals surface area contributed by atoms with Gasteiger partial charge in [0.2, 0.25) is 0 Å². The van der Waals surface area contributed by atoms with Crippen LogP contribution in [-0.2, 0) is 9.47 Å². The van der Waals surface area contributed by atoms with E-state index in [1.807, 2.05) is 6.07 Å². The van der Waals surface area contributed by atoms with Gasteiger partial charge >= 0.3 is 0 Å². The highest BCUT2D eigenvalue weighted by molar-refractivity contribution is 9.10. The van der Waals surface area contributed by atoms with Gasteiger partial charge in [-0.3, -0.25) is 0 Å². The van der Waals surface area contributed by atoms with Gasteiger partial charge in [-0.2, -0.15) is 5.26 Å². The summed E-state index contributed by atoms with van der Waals surface area (Å²) in [7, 11) is 1.40. The highest BCUT2D eigenvalue weighted by atomic mass is 79.9. The fraction of sp³-hybridized carbons (Fsp3) is 0.538. The number of rotatable bonds is 5. The molecule has 0 unspecified atom stereocenters. The smallest absolute Gasteiger partial charge is 0.154 e. The van der Waals surface area contributed by atoms with E-state index in [4.69, 9.17) is 15.0 Å². The summed E-state index contributed by atoms with van der Waals surface area (Å²) in [4.78, 5) is 7.28. The summed E-state index contributed by atoms with van der Waals surface area (Å²) in [5.74, 6) is 0. The van der Waals surface area contributed by atoms with Crippen molar-refractivity contribution in [3.8, 4) is 6.07 Å². The lowest BCUT2D eigenvalue weighted by atomic mass is 9.98. The van der Waals surface area contributed by atoms with E-state index in [0.29, 0.717) is 9.37 Å². The maximum absolute atomic E-state index is 10.2. The number of aliphatic hydroxyl groups excluding tert-OH is 2. The zero-order valence-corrected chi connectivity index (χ0v) is 14.9. The Balaban J connectivity index is 2.35. The fourth-order valence-corrected chi connectivity index (χ4v) is 4.06. The van der Waals surface area contributed by atoms with Gasteiger partial charge in [-0.15, -0.1) is 0 Å². The molecule has 128 valence electrons. The zero-order valence-electron chi connectivity index (χ0n) is 12.5. The third-order valence-corrected chi connectivity index (χ3v) is 5.06. The normalized spacial score (nSPS) is 29.5. The molecular formula is C13H14BrN5O4S. The second-order valence-corrected chi connectivity index (χ2v) is 6.90. The number of azide groups is 1. The van der Waals surface area contributed by atoms with Crippen molar-refractivity contribution in [2.45, 2.75) is 34.7 Å². The Morgan fingerprint density at radius 3 is 3.00 bits per heavy atom. The monoisotopic (exact) mass is 415 g/mol. The molecule has 0 spiro atoms. The first-order valence-electron chi connectivity index (χ1n) is 6.79. The minimum Gasteiger partial charge on any atom is -0.394 e. The molecule has 9 nitrogen and oxygen atoms in total. The largest absolute Gasteiger partial charge is 0.394 e. The van der Waals surface area contributed by atoms with Crippen molar-refractivity contribution in [1.29, 1.82) is 5.26 Å². The Morgan fingerprint density at radius 1 is 1.67 bits per heavy atom. The molecule has 0 saturated carbocycles. The molecule has 1 fully saturated rings. The van der Waals surface area contributed by atoms with Crippen LogP contribution in [0.1, 0.15) is 5.69 Å². The van der Waals surface area contributed by atoms with Gasteiger partial charge in [0.05, 0.1) is 18.8 Å².